The lowest BCUT2D eigenvalue weighted by molar-refractivity contribution is -0.387. The predicted molar refractivity (Wildman–Crippen MR) is 79.0 cm³/mol. The van der Waals surface area contributed by atoms with Gasteiger partial charge in [-0.3, -0.25) is 19.7 Å². The third-order valence-corrected chi connectivity index (χ3v) is 3.62. The number of amides is 2. The molecule has 0 spiro atoms. The monoisotopic (exact) mass is 312 g/mol. The van der Waals surface area contributed by atoms with Crippen LogP contribution in [0.15, 0.2) is 23.1 Å². The van der Waals surface area contributed by atoms with E-state index in [0.717, 1.165) is 17.8 Å². The second-order valence-corrected chi connectivity index (χ2v) is 5.31. The van der Waals surface area contributed by atoms with E-state index >= 15 is 0 Å². The van der Waals surface area contributed by atoms with Crippen LogP contribution >= 0.6 is 11.8 Å². The van der Waals surface area contributed by atoms with Crippen molar-refractivity contribution in [2.75, 3.05) is 12.3 Å². The zero-order valence-electron chi connectivity index (χ0n) is 11.4. The first-order chi connectivity index (χ1) is 9.85. The van der Waals surface area contributed by atoms with Gasteiger partial charge in [-0.05, 0) is 19.1 Å². The quantitative estimate of drug-likeness (QED) is 0.374. The van der Waals surface area contributed by atoms with Crippen molar-refractivity contribution in [3.63, 3.8) is 0 Å². The molecular weight excluding hydrogens is 296 g/mol. The molecule has 0 saturated carbocycles. The summed E-state index contributed by atoms with van der Waals surface area (Å²) in [6.07, 6.45) is 0. The fraction of sp³-hybridized carbons (Fsp3) is 0.333. The molecule has 0 radical (unpaired) electrons. The summed E-state index contributed by atoms with van der Waals surface area (Å²) in [7, 11) is 0. The fourth-order valence-electron chi connectivity index (χ4n) is 1.45. The third kappa shape index (κ3) is 5.04. The summed E-state index contributed by atoms with van der Waals surface area (Å²) in [6, 6.07) is 3.73. The van der Waals surface area contributed by atoms with E-state index in [9.17, 15) is 19.7 Å². The smallest absolute Gasteiger partial charge is 0.283 e. The predicted octanol–water partition coefficient (Wildman–Crippen LogP) is 0.249. The zero-order valence-corrected chi connectivity index (χ0v) is 12.2. The minimum Gasteiger partial charge on any atom is -0.366 e. The van der Waals surface area contributed by atoms with Crippen LogP contribution in [0.5, 0.6) is 0 Å². The standard InChI is InChI=1S/C12H16N4O4S/c1-7(5-13)15-11(17)6-21-10-3-2-8(12(14)18)4-9(10)16(19)20/h2-4,7H,5-6,13H2,1H3,(H2,14,18)(H,15,17)/t7-/m0/s1. The topological polar surface area (TPSA) is 141 Å². The molecule has 0 bridgehead atoms. The highest BCUT2D eigenvalue weighted by Crippen LogP contribution is 2.29. The van der Waals surface area contributed by atoms with Crippen LogP contribution in [0.3, 0.4) is 0 Å². The summed E-state index contributed by atoms with van der Waals surface area (Å²) in [5.41, 5.74) is 10.3. The zero-order chi connectivity index (χ0) is 16.0. The van der Waals surface area contributed by atoms with Crippen LogP contribution in [0.2, 0.25) is 0 Å². The van der Waals surface area contributed by atoms with Gasteiger partial charge in [0.05, 0.1) is 15.6 Å². The molecular formula is C12H16N4O4S. The van der Waals surface area contributed by atoms with Crippen LogP contribution in [-0.2, 0) is 4.79 Å². The van der Waals surface area contributed by atoms with Crippen LogP contribution in [-0.4, -0.2) is 35.1 Å². The van der Waals surface area contributed by atoms with Crippen LogP contribution in [0.1, 0.15) is 17.3 Å². The van der Waals surface area contributed by atoms with Crippen LogP contribution in [0.4, 0.5) is 5.69 Å². The number of thioether (sulfide) groups is 1. The molecule has 0 aliphatic rings. The van der Waals surface area contributed by atoms with Gasteiger partial charge in [0.2, 0.25) is 11.8 Å². The minimum absolute atomic E-state index is 0.0150. The van der Waals surface area contributed by atoms with Crippen LogP contribution in [0.25, 0.3) is 0 Å². The first-order valence-electron chi connectivity index (χ1n) is 6.05. The molecule has 1 aromatic carbocycles. The van der Waals surface area contributed by atoms with E-state index in [1.807, 2.05) is 0 Å². The number of rotatable bonds is 7. The van der Waals surface area contributed by atoms with E-state index < -0.39 is 10.8 Å². The Morgan fingerprint density at radius 3 is 2.67 bits per heavy atom. The molecule has 9 heteroatoms. The lowest BCUT2D eigenvalue weighted by Crippen LogP contribution is -2.38. The SMILES string of the molecule is C[C@@H](CN)NC(=O)CSc1ccc(C(N)=O)cc1[N+](=O)[O-]. The Morgan fingerprint density at radius 2 is 2.14 bits per heavy atom. The largest absolute Gasteiger partial charge is 0.366 e. The molecule has 0 fully saturated rings. The number of hydrogen-bond donors (Lipinski definition) is 3. The van der Waals surface area contributed by atoms with E-state index in [-0.39, 0.29) is 29.0 Å². The molecule has 0 unspecified atom stereocenters. The van der Waals surface area contributed by atoms with Crippen molar-refractivity contribution in [1.82, 2.24) is 5.32 Å². The summed E-state index contributed by atoms with van der Waals surface area (Å²) in [4.78, 5) is 33.3. The molecule has 0 aromatic heterocycles. The van der Waals surface area contributed by atoms with E-state index in [2.05, 4.69) is 5.32 Å². The maximum atomic E-state index is 11.6. The van der Waals surface area contributed by atoms with Crippen LogP contribution in [0, 0.1) is 10.1 Å². The van der Waals surface area contributed by atoms with Gasteiger partial charge in [-0.2, -0.15) is 0 Å². The highest BCUT2D eigenvalue weighted by atomic mass is 32.2. The maximum Gasteiger partial charge on any atom is 0.283 e. The molecule has 0 aliphatic heterocycles. The Bertz CT molecular complexity index is 564. The van der Waals surface area contributed by atoms with Gasteiger partial charge >= 0.3 is 0 Å². The molecule has 114 valence electrons. The molecule has 0 aliphatic carbocycles. The minimum atomic E-state index is -0.746. The van der Waals surface area contributed by atoms with Gasteiger partial charge < -0.3 is 16.8 Å². The second kappa shape index (κ2) is 7.60. The second-order valence-electron chi connectivity index (χ2n) is 4.30. The number of hydrogen-bond acceptors (Lipinski definition) is 6. The van der Waals surface area contributed by atoms with E-state index in [4.69, 9.17) is 11.5 Å². The van der Waals surface area contributed by atoms with E-state index in [1.54, 1.807) is 6.92 Å². The summed E-state index contributed by atoms with van der Waals surface area (Å²) in [6.45, 7) is 2.07. The Balaban J connectivity index is 2.81. The Hall–Kier alpha value is -2.13. The summed E-state index contributed by atoms with van der Waals surface area (Å²) in [5, 5.41) is 13.6. The molecule has 1 atom stereocenters. The average molecular weight is 312 g/mol. The van der Waals surface area contributed by atoms with E-state index in [1.165, 1.54) is 12.1 Å². The summed E-state index contributed by atoms with van der Waals surface area (Å²) >= 11 is 1.01. The first-order valence-corrected chi connectivity index (χ1v) is 7.04. The molecule has 5 N–H and O–H groups in total. The van der Waals surface area contributed by atoms with Gasteiger partial charge in [0.15, 0.2) is 0 Å². The van der Waals surface area contributed by atoms with Gasteiger partial charge in [-0.15, -0.1) is 11.8 Å². The normalized spacial score (nSPS) is 11.7. The average Bonchev–Trinajstić information content (AvgIpc) is 2.44. The number of carbonyl (C=O) groups excluding carboxylic acids is 2. The molecule has 21 heavy (non-hydrogen) atoms. The fourth-order valence-corrected chi connectivity index (χ4v) is 2.27. The number of nitro groups is 1. The first kappa shape index (κ1) is 16.9. The third-order valence-electron chi connectivity index (χ3n) is 2.56. The Kier molecular flexibility index (Phi) is 6.12. The van der Waals surface area contributed by atoms with Gasteiger partial charge in [0.25, 0.3) is 5.69 Å². The van der Waals surface area contributed by atoms with Gasteiger partial charge in [-0.1, -0.05) is 0 Å². The summed E-state index contributed by atoms with van der Waals surface area (Å²) in [5.74, 6) is -1.00. The van der Waals surface area contributed by atoms with Crippen molar-refractivity contribution in [3.8, 4) is 0 Å². The van der Waals surface area contributed by atoms with Gasteiger partial charge in [-0.25, -0.2) is 0 Å². The lowest BCUT2D eigenvalue weighted by atomic mass is 10.2. The highest BCUT2D eigenvalue weighted by molar-refractivity contribution is 8.00. The molecule has 8 nitrogen and oxygen atoms in total. The van der Waals surface area contributed by atoms with Crippen molar-refractivity contribution >= 4 is 29.3 Å². The van der Waals surface area contributed by atoms with Crippen molar-refractivity contribution in [2.24, 2.45) is 11.5 Å². The van der Waals surface area contributed by atoms with Crippen molar-refractivity contribution < 1.29 is 14.5 Å². The number of carbonyl (C=O) groups is 2. The number of nitrogens with two attached hydrogens (primary N) is 2. The number of primary amides is 1. The molecule has 2 amide bonds. The maximum absolute atomic E-state index is 11.6. The van der Waals surface area contributed by atoms with Crippen LogP contribution < -0.4 is 16.8 Å². The Labute approximate surface area is 125 Å². The molecule has 0 heterocycles. The molecule has 1 aromatic rings. The van der Waals surface area contributed by atoms with Gasteiger partial charge in [0, 0.05) is 24.2 Å². The number of nitrogens with one attached hydrogen (secondary N) is 1. The highest BCUT2D eigenvalue weighted by Gasteiger charge is 2.18. The summed E-state index contributed by atoms with van der Waals surface area (Å²) < 4.78 is 0. The van der Waals surface area contributed by atoms with Crippen molar-refractivity contribution in [3.05, 3.63) is 33.9 Å². The van der Waals surface area contributed by atoms with E-state index in [0.29, 0.717) is 11.4 Å². The number of nitrogens with zero attached hydrogens (tertiary/aromatic N) is 1. The Morgan fingerprint density at radius 1 is 1.48 bits per heavy atom. The lowest BCUT2D eigenvalue weighted by Gasteiger charge is -2.11. The van der Waals surface area contributed by atoms with Crippen molar-refractivity contribution in [2.45, 2.75) is 17.9 Å². The molecule has 1 rings (SSSR count). The number of benzene rings is 1. The van der Waals surface area contributed by atoms with Crippen molar-refractivity contribution in [1.29, 1.82) is 0 Å². The molecule has 0 saturated heterocycles. The number of nitro benzene ring substituents is 1. The van der Waals surface area contributed by atoms with Gasteiger partial charge in [0.1, 0.15) is 0 Å².